The average Bonchev–Trinajstić information content (AvgIpc) is 1.92. The van der Waals surface area contributed by atoms with Gasteiger partial charge in [-0.15, -0.1) is 0 Å². The Kier molecular flexibility index (Phi) is 22.0. The second-order valence-electron chi connectivity index (χ2n) is 24.9. The molecule has 0 fully saturated rings. The van der Waals surface area contributed by atoms with Crippen LogP contribution in [0.25, 0.3) is 44.5 Å². The molecule has 0 aliphatic carbocycles. The minimum Gasteiger partial charge on any atom is -0.311 e. The van der Waals surface area contributed by atoms with E-state index in [9.17, 15) is 0 Å². The van der Waals surface area contributed by atoms with Gasteiger partial charge in [0.2, 0.25) is 0 Å². The molecule has 0 aliphatic heterocycles. The summed E-state index contributed by atoms with van der Waals surface area (Å²) in [5.41, 5.74) is 24.6. The molecule has 0 aliphatic rings. The van der Waals surface area contributed by atoms with Gasteiger partial charge in [0, 0.05) is 39.5 Å². The van der Waals surface area contributed by atoms with E-state index in [2.05, 4.69) is 294 Å². The fraction of sp³-hybridized carbons (Fsp3) is 0.294. The van der Waals surface area contributed by atoms with Crippen molar-refractivity contribution < 1.29 is 0 Å². The van der Waals surface area contributed by atoms with E-state index in [-0.39, 0.29) is 5.41 Å². The Bertz CT molecular complexity index is 3370. The third kappa shape index (κ3) is 16.3. The second-order valence-corrected chi connectivity index (χ2v) is 24.9. The number of anilines is 6. The molecule has 0 radical (unpaired) electrons. The molecule has 0 spiro atoms. The highest BCUT2D eigenvalue weighted by molar-refractivity contribution is 5.82. The fourth-order valence-corrected chi connectivity index (χ4v) is 12.5. The van der Waals surface area contributed by atoms with Crippen molar-refractivity contribution in [1.82, 2.24) is 0 Å². The van der Waals surface area contributed by atoms with Crippen molar-refractivity contribution in [3.63, 3.8) is 0 Å². The van der Waals surface area contributed by atoms with E-state index in [0.29, 0.717) is 0 Å². The van der Waals surface area contributed by atoms with Gasteiger partial charge in [0.15, 0.2) is 0 Å². The average molecular weight is 1140 g/mol. The van der Waals surface area contributed by atoms with Crippen LogP contribution in [0.15, 0.2) is 243 Å². The third-order valence-corrected chi connectivity index (χ3v) is 18.1. The summed E-state index contributed by atoms with van der Waals surface area (Å²) in [5.74, 6) is 0. The summed E-state index contributed by atoms with van der Waals surface area (Å²) in [6.07, 6.45) is 22.4. The lowest BCUT2D eigenvalue weighted by molar-refractivity contribution is 0.641. The van der Waals surface area contributed by atoms with E-state index in [1.165, 1.54) is 168 Å². The Balaban J connectivity index is 0.913. The van der Waals surface area contributed by atoms with Crippen molar-refractivity contribution in [3.8, 4) is 44.5 Å². The molecule has 0 bridgehead atoms. The number of hydrogen-bond acceptors (Lipinski definition) is 2. The summed E-state index contributed by atoms with van der Waals surface area (Å²) < 4.78 is 0. The van der Waals surface area contributed by atoms with Crippen molar-refractivity contribution in [2.24, 2.45) is 0 Å². The number of rotatable bonds is 30. The molecule has 444 valence electrons. The van der Waals surface area contributed by atoms with Gasteiger partial charge < -0.3 is 9.80 Å². The first-order chi connectivity index (χ1) is 42.7. The van der Waals surface area contributed by atoms with Gasteiger partial charge in [0.25, 0.3) is 0 Å². The van der Waals surface area contributed by atoms with Gasteiger partial charge in [-0.25, -0.2) is 0 Å². The Morgan fingerprint density at radius 1 is 0.207 bits per heavy atom. The quantitative estimate of drug-likeness (QED) is 0.0414. The number of benzene rings is 10. The smallest absolute Gasteiger partial charge is 0.0462 e. The first kappa shape index (κ1) is 61.9. The molecule has 2 heteroatoms. The minimum atomic E-state index is -0.271. The molecule has 87 heavy (non-hydrogen) atoms. The summed E-state index contributed by atoms with van der Waals surface area (Å²) in [5, 5.41) is 0. The molecule has 0 amide bonds. The van der Waals surface area contributed by atoms with Gasteiger partial charge in [-0.1, -0.05) is 276 Å². The molecular weight excluding hydrogens is 1050 g/mol. The third-order valence-electron chi connectivity index (χ3n) is 18.1. The van der Waals surface area contributed by atoms with E-state index in [4.69, 9.17) is 0 Å². The zero-order valence-electron chi connectivity index (χ0n) is 53.2. The van der Waals surface area contributed by atoms with Gasteiger partial charge in [-0.3, -0.25) is 0 Å². The molecule has 0 heterocycles. The zero-order chi connectivity index (χ0) is 60.2. The molecule has 10 aromatic rings. The summed E-state index contributed by atoms with van der Waals surface area (Å²) in [6, 6.07) is 92.0. The maximum Gasteiger partial charge on any atom is 0.0462 e. The molecule has 0 atom stereocenters. The molecule has 10 aromatic carbocycles. The number of unbranched alkanes of at least 4 members (excludes halogenated alkanes) is 10. The highest BCUT2D eigenvalue weighted by Gasteiger charge is 2.25. The maximum absolute atomic E-state index is 2.40. The van der Waals surface area contributed by atoms with Crippen molar-refractivity contribution in [2.45, 2.75) is 163 Å². The maximum atomic E-state index is 2.40. The van der Waals surface area contributed by atoms with Crippen LogP contribution in [0.4, 0.5) is 34.1 Å². The number of aryl methyl sites for hydroxylation is 4. The van der Waals surface area contributed by atoms with E-state index in [0.717, 1.165) is 59.8 Å². The zero-order valence-corrected chi connectivity index (χ0v) is 53.2. The van der Waals surface area contributed by atoms with E-state index >= 15 is 0 Å². The van der Waals surface area contributed by atoms with Crippen LogP contribution in [0.3, 0.4) is 0 Å². The second kappa shape index (κ2) is 30.9. The molecule has 0 unspecified atom stereocenters. The van der Waals surface area contributed by atoms with Crippen molar-refractivity contribution in [3.05, 3.63) is 276 Å². The van der Waals surface area contributed by atoms with Crippen LogP contribution in [-0.2, 0) is 31.1 Å². The predicted octanol–water partition coefficient (Wildman–Crippen LogP) is 25.3. The molecule has 0 saturated heterocycles. The summed E-state index contributed by atoms with van der Waals surface area (Å²) >= 11 is 0. The predicted molar refractivity (Wildman–Crippen MR) is 378 cm³/mol. The number of hydrogen-bond donors (Lipinski definition) is 0. The monoisotopic (exact) mass is 1140 g/mol. The molecule has 0 saturated carbocycles. The molecule has 0 aromatic heterocycles. The highest BCUT2D eigenvalue weighted by Crippen LogP contribution is 2.42. The van der Waals surface area contributed by atoms with E-state index in [1.54, 1.807) is 0 Å². The number of nitrogens with zero attached hydrogens (tertiary/aromatic N) is 2. The van der Waals surface area contributed by atoms with Crippen LogP contribution in [0.5, 0.6) is 0 Å². The summed E-state index contributed by atoms with van der Waals surface area (Å²) in [4.78, 5) is 4.81. The normalized spacial score (nSPS) is 11.5. The fourth-order valence-electron chi connectivity index (χ4n) is 12.5. The topological polar surface area (TPSA) is 6.48 Å². The van der Waals surface area contributed by atoms with Gasteiger partial charge >= 0.3 is 0 Å². The Labute approximate surface area is 524 Å². The summed E-state index contributed by atoms with van der Waals surface area (Å²) in [6.45, 7) is 13.8. The first-order valence-corrected chi connectivity index (χ1v) is 33.3. The molecule has 2 nitrogen and oxygen atoms in total. The molecular formula is C85H94N2. The van der Waals surface area contributed by atoms with Crippen molar-refractivity contribution in [2.75, 3.05) is 9.80 Å². The Hall–Kier alpha value is -8.20. The molecule has 10 rings (SSSR count). The lowest BCUT2D eigenvalue weighted by atomic mass is 9.78. The van der Waals surface area contributed by atoms with Crippen LogP contribution in [0.2, 0.25) is 0 Å². The van der Waals surface area contributed by atoms with Gasteiger partial charge in [-0.05, 0) is 202 Å². The van der Waals surface area contributed by atoms with E-state index < -0.39 is 0 Å². The SMILES string of the molecule is CCCCCCc1ccc(-c2ccc(N(c3ccc(-c4ccc(CCCCC)cc4)cc3)c3ccc(C(C)(C)c4ccc(N(c5ccc(-c6ccc(CCCCC)cc6)cc5)c5ccc(-c6ccc(CCCCCC)cc6)cc5)cc4)cc3)cc2)cc1. The van der Waals surface area contributed by atoms with Crippen LogP contribution < -0.4 is 9.80 Å². The van der Waals surface area contributed by atoms with Crippen LogP contribution in [-0.4, -0.2) is 0 Å². The van der Waals surface area contributed by atoms with Crippen molar-refractivity contribution >= 4 is 34.1 Å². The Morgan fingerprint density at radius 3 is 0.586 bits per heavy atom. The van der Waals surface area contributed by atoms with Crippen LogP contribution in [0.1, 0.15) is 165 Å². The van der Waals surface area contributed by atoms with Crippen LogP contribution >= 0.6 is 0 Å². The van der Waals surface area contributed by atoms with Crippen molar-refractivity contribution in [1.29, 1.82) is 0 Å². The Morgan fingerprint density at radius 2 is 0.379 bits per heavy atom. The lowest BCUT2D eigenvalue weighted by Gasteiger charge is -2.30. The summed E-state index contributed by atoms with van der Waals surface area (Å²) in [7, 11) is 0. The van der Waals surface area contributed by atoms with Gasteiger partial charge in [0.05, 0.1) is 0 Å². The standard InChI is InChI=1S/C85H94N2/c1-7-11-15-19-23-67-29-37-71(38-30-67)75-45-57-81(58-46-75)86(79-53-41-73(42-54-79)69-33-25-65(26-34-69)21-17-13-9-3)83-61-49-77(50-62-83)85(5,6)78-51-63-84(64-52-78)87(80-55-43-74(44-56-80)70-35-27-66(28-36-70)22-18-14-10-4)82-59-47-76(48-60-82)72-39-31-68(32-40-72)24-20-16-12-8-2/h25-64H,7-24H2,1-6H3. The van der Waals surface area contributed by atoms with E-state index in [1.807, 2.05) is 0 Å². The van der Waals surface area contributed by atoms with Gasteiger partial charge in [0.1, 0.15) is 0 Å². The largest absolute Gasteiger partial charge is 0.311 e. The minimum absolute atomic E-state index is 0.271. The molecule has 0 N–H and O–H groups in total. The van der Waals surface area contributed by atoms with Gasteiger partial charge in [-0.2, -0.15) is 0 Å². The first-order valence-electron chi connectivity index (χ1n) is 33.3. The lowest BCUT2D eigenvalue weighted by Crippen LogP contribution is -2.19. The highest BCUT2D eigenvalue weighted by atomic mass is 15.1. The van der Waals surface area contributed by atoms with Crippen LogP contribution in [0, 0.1) is 0 Å².